The van der Waals surface area contributed by atoms with E-state index in [1.807, 2.05) is 36.3 Å². The molecule has 1 amide bonds. The van der Waals surface area contributed by atoms with Crippen molar-refractivity contribution in [1.29, 1.82) is 0 Å². The van der Waals surface area contributed by atoms with Gasteiger partial charge in [0.15, 0.2) is 6.04 Å². The van der Waals surface area contributed by atoms with Crippen molar-refractivity contribution in [2.75, 3.05) is 26.8 Å². The summed E-state index contributed by atoms with van der Waals surface area (Å²) in [5.74, 6) is -0.672. The van der Waals surface area contributed by atoms with E-state index in [1.54, 1.807) is 0 Å². The van der Waals surface area contributed by atoms with Gasteiger partial charge in [-0.15, -0.1) is 0 Å². The first-order chi connectivity index (χ1) is 11.1. The number of carbonyl (C=O) groups excluding carboxylic acids is 2. The molecule has 2 rings (SSSR count). The molecule has 6 heteroatoms. The predicted octanol–water partition coefficient (Wildman–Crippen LogP) is 1.74. The van der Waals surface area contributed by atoms with Gasteiger partial charge in [0.25, 0.3) is 0 Å². The van der Waals surface area contributed by atoms with Crippen LogP contribution in [0, 0.1) is 6.92 Å². The minimum absolute atomic E-state index is 0.198. The number of aryl methyl sites for hydroxylation is 1. The van der Waals surface area contributed by atoms with Crippen LogP contribution in [0.3, 0.4) is 0 Å². The number of benzene rings is 1. The van der Waals surface area contributed by atoms with Gasteiger partial charge in [-0.05, 0) is 25.3 Å². The normalized spacial score (nSPS) is 16.6. The Labute approximate surface area is 136 Å². The van der Waals surface area contributed by atoms with Crippen LogP contribution in [0.5, 0.6) is 0 Å². The van der Waals surface area contributed by atoms with Crippen molar-refractivity contribution in [3.8, 4) is 0 Å². The molecule has 126 valence electrons. The summed E-state index contributed by atoms with van der Waals surface area (Å²) < 4.78 is 4.81. The molecule has 1 aromatic rings. The average Bonchev–Trinajstić information content (AvgIpc) is 2.58. The minimum Gasteiger partial charge on any atom is -0.467 e. The van der Waals surface area contributed by atoms with Crippen LogP contribution in [0.1, 0.15) is 36.4 Å². The van der Waals surface area contributed by atoms with Crippen molar-refractivity contribution in [2.45, 2.75) is 32.2 Å². The van der Waals surface area contributed by atoms with Crippen molar-refractivity contribution in [3.05, 3.63) is 35.4 Å². The van der Waals surface area contributed by atoms with E-state index in [4.69, 9.17) is 9.57 Å². The maximum absolute atomic E-state index is 12.2. The van der Waals surface area contributed by atoms with Gasteiger partial charge in [-0.3, -0.25) is 9.63 Å². The predicted molar refractivity (Wildman–Crippen MR) is 85.5 cm³/mol. The fourth-order valence-corrected chi connectivity index (χ4v) is 2.53. The van der Waals surface area contributed by atoms with Crippen LogP contribution in [0.25, 0.3) is 0 Å². The van der Waals surface area contributed by atoms with Gasteiger partial charge >= 0.3 is 5.97 Å². The van der Waals surface area contributed by atoms with E-state index in [1.165, 1.54) is 7.11 Å². The van der Waals surface area contributed by atoms with Gasteiger partial charge in [-0.25, -0.2) is 4.79 Å². The monoisotopic (exact) mass is 320 g/mol. The van der Waals surface area contributed by atoms with Gasteiger partial charge in [0.2, 0.25) is 5.91 Å². The molecule has 0 unspecified atom stereocenters. The summed E-state index contributed by atoms with van der Waals surface area (Å²) in [5, 5.41) is 4.56. The zero-order valence-corrected chi connectivity index (χ0v) is 13.7. The molecule has 0 saturated carbocycles. The maximum Gasteiger partial charge on any atom is 0.333 e. The molecule has 1 atom stereocenters. The van der Waals surface area contributed by atoms with Crippen LogP contribution < -0.4 is 5.32 Å². The van der Waals surface area contributed by atoms with Crippen LogP contribution >= 0.6 is 0 Å². The summed E-state index contributed by atoms with van der Waals surface area (Å²) in [4.78, 5) is 29.6. The highest BCUT2D eigenvalue weighted by Gasteiger charge is 2.24. The third kappa shape index (κ3) is 5.33. The van der Waals surface area contributed by atoms with E-state index in [9.17, 15) is 9.59 Å². The standard InChI is InChI=1S/C17H24N2O4/c1-13-6-5-7-14(12-13)16(17(21)22-2)18-15(20)8-10-19-9-3-4-11-23-19/h5-7,12,16H,3-4,8-11H2,1-2H3,(H,18,20)/t16-/m1/s1. The van der Waals surface area contributed by atoms with Crippen molar-refractivity contribution < 1.29 is 19.2 Å². The SMILES string of the molecule is COC(=O)[C@H](NC(=O)CCN1CCCCO1)c1cccc(C)c1. The lowest BCUT2D eigenvalue weighted by Gasteiger charge is -2.26. The molecular formula is C17H24N2O4. The molecule has 0 bridgehead atoms. The van der Waals surface area contributed by atoms with Crippen molar-refractivity contribution in [1.82, 2.24) is 10.4 Å². The summed E-state index contributed by atoms with van der Waals surface area (Å²) in [6.07, 6.45) is 2.41. The molecule has 0 radical (unpaired) electrons. The van der Waals surface area contributed by atoms with E-state index in [0.717, 1.165) is 30.5 Å². The second-order valence-electron chi connectivity index (χ2n) is 5.66. The number of methoxy groups -OCH3 is 1. The molecule has 6 nitrogen and oxygen atoms in total. The molecule has 1 fully saturated rings. The molecule has 1 aliphatic heterocycles. The summed E-state index contributed by atoms with van der Waals surface area (Å²) in [6, 6.07) is 6.69. The number of carbonyl (C=O) groups is 2. The fourth-order valence-electron chi connectivity index (χ4n) is 2.53. The van der Waals surface area contributed by atoms with Crippen LogP contribution in [0.2, 0.25) is 0 Å². The molecule has 0 spiro atoms. The smallest absolute Gasteiger partial charge is 0.333 e. The number of esters is 1. The van der Waals surface area contributed by atoms with Gasteiger partial charge in [0.05, 0.1) is 13.7 Å². The van der Waals surface area contributed by atoms with Crippen LogP contribution in [0.15, 0.2) is 24.3 Å². The number of hydrogen-bond acceptors (Lipinski definition) is 5. The second kappa shape index (κ2) is 8.64. The van der Waals surface area contributed by atoms with E-state index in [0.29, 0.717) is 13.2 Å². The lowest BCUT2D eigenvalue weighted by molar-refractivity contribution is -0.181. The topological polar surface area (TPSA) is 67.9 Å². The number of amides is 1. The van der Waals surface area contributed by atoms with Crippen molar-refractivity contribution in [3.63, 3.8) is 0 Å². The van der Waals surface area contributed by atoms with Crippen LogP contribution in [-0.4, -0.2) is 43.7 Å². The molecule has 1 saturated heterocycles. The first kappa shape index (κ1) is 17.4. The lowest BCUT2D eigenvalue weighted by atomic mass is 10.0. The zero-order valence-electron chi connectivity index (χ0n) is 13.7. The molecule has 0 aliphatic carbocycles. The Morgan fingerprint density at radius 3 is 2.87 bits per heavy atom. The largest absolute Gasteiger partial charge is 0.467 e. The number of nitrogens with one attached hydrogen (secondary N) is 1. The second-order valence-corrected chi connectivity index (χ2v) is 5.66. The molecular weight excluding hydrogens is 296 g/mol. The fraction of sp³-hybridized carbons (Fsp3) is 0.529. The number of rotatable bonds is 6. The van der Waals surface area contributed by atoms with Gasteiger partial charge < -0.3 is 10.1 Å². The van der Waals surface area contributed by atoms with E-state index < -0.39 is 12.0 Å². The highest BCUT2D eigenvalue weighted by Crippen LogP contribution is 2.16. The Kier molecular flexibility index (Phi) is 6.55. The maximum atomic E-state index is 12.2. The van der Waals surface area contributed by atoms with E-state index in [-0.39, 0.29) is 12.3 Å². The van der Waals surface area contributed by atoms with Gasteiger partial charge in [-0.1, -0.05) is 29.8 Å². The highest BCUT2D eigenvalue weighted by molar-refractivity contribution is 5.85. The molecule has 1 N–H and O–H groups in total. The summed E-state index contributed by atoms with van der Waals surface area (Å²) in [7, 11) is 1.32. The third-order valence-corrected chi connectivity index (χ3v) is 3.78. The Bertz CT molecular complexity index is 541. The molecule has 0 aromatic heterocycles. The van der Waals surface area contributed by atoms with E-state index in [2.05, 4.69) is 5.32 Å². The number of hydrogen-bond donors (Lipinski definition) is 1. The Balaban J connectivity index is 1.94. The van der Waals surface area contributed by atoms with Gasteiger partial charge in [-0.2, -0.15) is 5.06 Å². The minimum atomic E-state index is -0.783. The molecule has 1 aliphatic rings. The third-order valence-electron chi connectivity index (χ3n) is 3.78. The quantitative estimate of drug-likeness (QED) is 0.809. The Hall–Kier alpha value is -1.92. The summed E-state index contributed by atoms with van der Waals surface area (Å²) >= 11 is 0. The Morgan fingerprint density at radius 2 is 2.22 bits per heavy atom. The summed E-state index contributed by atoms with van der Waals surface area (Å²) in [6.45, 7) is 4.00. The van der Waals surface area contributed by atoms with Crippen LogP contribution in [-0.2, 0) is 19.2 Å². The zero-order chi connectivity index (χ0) is 16.7. The highest BCUT2D eigenvalue weighted by atomic mass is 16.7. The number of nitrogens with zero attached hydrogens (tertiary/aromatic N) is 1. The first-order valence-electron chi connectivity index (χ1n) is 7.92. The summed E-state index contributed by atoms with van der Waals surface area (Å²) in [5.41, 5.74) is 1.74. The average molecular weight is 320 g/mol. The number of hydroxylamine groups is 2. The number of ether oxygens (including phenoxy) is 1. The van der Waals surface area contributed by atoms with Gasteiger partial charge in [0, 0.05) is 19.5 Å². The van der Waals surface area contributed by atoms with Gasteiger partial charge in [0.1, 0.15) is 0 Å². The van der Waals surface area contributed by atoms with Crippen LogP contribution in [0.4, 0.5) is 0 Å². The molecule has 1 aromatic carbocycles. The first-order valence-corrected chi connectivity index (χ1v) is 7.92. The van der Waals surface area contributed by atoms with E-state index >= 15 is 0 Å². The van der Waals surface area contributed by atoms with Crippen molar-refractivity contribution >= 4 is 11.9 Å². The lowest BCUT2D eigenvalue weighted by Crippen LogP contribution is -2.38. The van der Waals surface area contributed by atoms with Crippen molar-refractivity contribution in [2.24, 2.45) is 0 Å². The molecule has 1 heterocycles. The Morgan fingerprint density at radius 1 is 1.39 bits per heavy atom. The molecule has 23 heavy (non-hydrogen) atoms.